The summed E-state index contributed by atoms with van der Waals surface area (Å²) in [5.41, 5.74) is 5.32. The second-order valence-corrected chi connectivity index (χ2v) is 3.77. The first-order chi connectivity index (χ1) is 4.77. The molecule has 3 nitrogen and oxygen atoms in total. The van der Waals surface area contributed by atoms with Gasteiger partial charge in [-0.1, -0.05) is 0 Å². The molecule has 3 heteroatoms. The van der Waals surface area contributed by atoms with Gasteiger partial charge in [0.1, 0.15) is 0 Å². The highest BCUT2D eigenvalue weighted by Gasteiger charge is 2.27. The molecule has 0 saturated heterocycles. The Hall–Kier alpha value is -0.120. The summed E-state index contributed by atoms with van der Waals surface area (Å²) in [6.07, 6.45) is 0.438. The van der Waals surface area contributed by atoms with E-state index in [9.17, 15) is 5.11 Å². The molecule has 0 aliphatic rings. The molecule has 0 aromatic carbocycles. The Balaban J connectivity index is 3.91. The number of rotatable bonds is 4. The lowest BCUT2D eigenvalue weighted by molar-refractivity contribution is -0.197. The van der Waals surface area contributed by atoms with Crippen molar-refractivity contribution in [2.75, 3.05) is 6.61 Å². The smallest absolute Gasteiger partial charge is 0.164 e. The predicted octanol–water partition coefficient (Wildman–Crippen LogP) is 0.859. The van der Waals surface area contributed by atoms with Crippen molar-refractivity contribution >= 4 is 0 Å². The van der Waals surface area contributed by atoms with E-state index in [1.54, 1.807) is 6.92 Å². The van der Waals surface area contributed by atoms with Crippen LogP contribution in [0.15, 0.2) is 0 Å². The summed E-state index contributed by atoms with van der Waals surface area (Å²) in [5, 5.41) is 9.55. The summed E-state index contributed by atoms with van der Waals surface area (Å²) in [6, 6.07) is 0. The van der Waals surface area contributed by atoms with Crippen LogP contribution in [0.3, 0.4) is 0 Å². The molecule has 11 heavy (non-hydrogen) atoms. The number of hydrogen-bond acceptors (Lipinski definition) is 3. The van der Waals surface area contributed by atoms with E-state index in [2.05, 4.69) is 0 Å². The molecule has 1 atom stereocenters. The first-order valence-electron chi connectivity index (χ1n) is 3.92. The minimum absolute atomic E-state index is 0.390. The zero-order valence-electron chi connectivity index (χ0n) is 7.85. The van der Waals surface area contributed by atoms with E-state index < -0.39 is 11.3 Å². The third kappa shape index (κ3) is 6.28. The molecule has 0 rings (SSSR count). The van der Waals surface area contributed by atoms with Crippen LogP contribution in [0.2, 0.25) is 0 Å². The molecule has 0 amide bonds. The van der Waals surface area contributed by atoms with Crippen LogP contribution in [0.5, 0.6) is 0 Å². The second kappa shape index (κ2) is 3.52. The fourth-order valence-corrected chi connectivity index (χ4v) is 1.21. The van der Waals surface area contributed by atoms with Gasteiger partial charge in [-0.25, -0.2) is 0 Å². The Morgan fingerprint density at radius 3 is 2.09 bits per heavy atom. The van der Waals surface area contributed by atoms with E-state index in [-0.39, 0.29) is 0 Å². The quantitative estimate of drug-likeness (QED) is 0.601. The van der Waals surface area contributed by atoms with E-state index in [1.165, 1.54) is 0 Å². The highest BCUT2D eigenvalue weighted by molar-refractivity contribution is 4.78. The Morgan fingerprint density at radius 2 is 1.82 bits per heavy atom. The van der Waals surface area contributed by atoms with Gasteiger partial charge in [-0.05, 0) is 27.7 Å². The van der Waals surface area contributed by atoms with Gasteiger partial charge in [0.2, 0.25) is 0 Å². The number of nitrogens with two attached hydrogens (primary N) is 1. The SMILES string of the molecule is CCOC(C)(O)CC(C)(C)N. The average Bonchev–Trinajstić information content (AvgIpc) is 1.55. The van der Waals surface area contributed by atoms with Crippen LogP contribution >= 0.6 is 0 Å². The molecular formula is C8H19NO2. The van der Waals surface area contributed by atoms with Gasteiger partial charge in [0.05, 0.1) is 0 Å². The van der Waals surface area contributed by atoms with Crippen LogP contribution in [0.4, 0.5) is 0 Å². The molecule has 0 heterocycles. The van der Waals surface area contributed by atoms with E-state index in [4.69, 9.17) is 10.5 Å². The normalized spacial score (nSPS) is 18.0. The van der Waals surface area contributed by atoms with E-state index >= 15 is 0 Å². The Kier molecular flexibility index (Phi) is 3.48. The molecule has 0 saturated carbocycles. The van der Waals surface area contributed by atoms with E-state index in [1.807, 2.05) is 20.8 Å². The van der Waals surface area contributed by atoms with Crippen LogP contribution in [0, 0.1) is 0 Å². The molecule has 0 aromatic heterocycles. The maximum Gasteiger partial charge on any atom is 0.164 e. The van der Waals surface area contributed by atoms with Crippen molar-refractivity contribution in [3.63, 3.8) is 0 Å². The van der Waals surface area contributed by atoms with Gasteiger partial charge >= 0.3 is 0 Å². The number of hydrogen-bond donors (Lipinski definition) is 2. The second-order valence-electron chi connectivity index (χ2n) is 3.77. The van der Waals surface area contributed by atoms with Gasteiger partial charge in [0, 0.05) is 18.6 Å². The summed E-state index contributed by atoms with van der Waals surface area (Å²) >= 11 is 0. The van der Waals surface area contributed by atoms with Gasteiger partial charge in [-0.15, -0.1) is 0 Å². The van der Waals surface area contributed by atoms with Gasteiger partial charge in [0.15, 0.2) is 5.79 Å². The van der Waals surface area contributed by atoms with Crippen molar-refractivity contribution in [3.05, 3.63) is 0 Å². The number of ether oxygens (including phenoxy) is 1. The molecule has 0 aliphatic carbocycles. The highest BCUT2D eigenvalue weighted by atomic mass is 16.6. The molecule has 68 valence electrons. The monoisotopic (exact) mass is 161 g/mol. The molecule has 0 bridgehead atoms. The third-order valence-corrected chi connectivity index (χ3v) is 1.24. The maximum atomic E-state index is 9.55. The minimum Gasteiger partial charge on any atom is -0.366 e. The van der Waals surface area contributed by atoms with Crippen LogP contribution < -0.4 is 5.73 Å². The first-order valence-corrected chi connectivity index (χ1v) is 3.92. The summed E-state index contributed by atoms with van der Waals surface area (Å²) in [5.74, 6) is -1.09. The van der Waals surface area contributed by atoms with E-state index in [0.717, 1.165) is 0 Å². The van der Waals surface area contributed by atoms with Crippen molar-refractivity contribution < 1.29 is 9.84 Å². The topological polar surface area (TPSA) is 55.5 Å². The van der Waals surface area contributed by atoms with Crippen molar-refractivity contribution in [2.45, 2.75) is 45.4 Å². The Labute approximate surface area is 68.5 Å². The molecular weight excluding hydrogens is 142 g/mol. The van der Waals surface area contributed by atoms with Crippen LogP contribution in [0.1, 0.15) is 34.1 Å². The van der Waals surface area contributed by atoms with Gasteiger partial charge in [-0.3, -0.25) is 0 Å². The maximum absolute atomic E-state index is 9.55. The van der Waals surface area contributed by atoms with Gasteiger partial charge in [0.25, 0.3) is 0 Å². The molecule has 0 spiro atoms. The fourth-order valence-electron chi connectivity index (χ4n) is 1.21. The lowest BCUT2D eigenvalue weighted by Gasteiger charge is -2.30. The zero-order valence-corrected chi connectivity index (χ0v) is 7.85. The van der Waals surface area contributed by atoms with Crippen molar-refractivity contribution in [1.82, 2.24) is 0 Å². The Bertz CT molecular complexity index is 116. The largest absolute Gasteiger partial charge is 0.366 e. The first kappa shape index (κ1) is 10.9. The summed E-state index contributed by atoms with van der Waals surface area (Å²) in [6.45, 7) is 7.70. The van der Waals surface area contributed by atoms with Crippen LogP contribution in [-0.4, -0.2) is 23.0 Å². The lowest BCUT2D eigenvalue weighted by Crippen LogP contribution is -2.43. The summed E-state index contributed by atoms with van der Waals surface area (Å²) < 4.78 is 5.08. The summed E-state index contributed by atoms with van der Waals surface area (Å²) in [4.78, 5) is 0. The lowest BCUT2D eigenvalue weighted by atomic mass is 9.97. The molecule has 1 unspecified atom stereocenters. The standard InChI is InChI=1S/C8H19NO2/c1-5-11-8(4,10)6-7(2,3)9/h10H,5-6,9H2,1-4H3. The van der Waals surface area contributed by atoms with E-state index in [0.29, 0.717) is 13.0 Å². The molecule has 0 aliphatic heterocycles. The van der Waals surface area contributed by atoms with Gasteiger partial charge in [-0.2, -0.15) is 0 Å². The third-order valence-electron chi connectivity index (χ3n) is 1.24. The molecule has 0 aromatic rings. The fraction of sp³-hybridized carbons (Fsp3) is 1.00. The molecule has 3 N–H and O–H groups in total. The average molecular weight is 161 g/mol. The summed E-state index contributed by atoms with van der Waals surface area (Å²) in [7, 11) is 0. The Morgan fingerprint density at radius 1 is 1.36 bits per heavy atom. The predicted molar refractivity (Wildman–Crippen MR) is 45.1 cm³/mol. The van der Waals surface area contributed by atoms with Crippen molar-refractivity contribution in [3.8, 4) is 0 Å². The van der Waals surface area contributed by atoms with Crippen molar-refractivity contribution in [2.24, 2.45) is 5.73 Å². The molecule has 0 radical (unpaired) electrons. The van der Waals surface area contributed by atoms with Crippen LogP contribution in [-0.2, 0) is 4.74 Å². The highest BCUT2D eigenvalue weighted by Crippen LogP contribution is 2.18. The molecule has 0 fully saturated rings. The van der Waals surface area contributed by atoms with Gasteiger partial charge < -0.3 is 15.6 Å². The minimum atomic E-state index is -1.09. The number of aliphatic hydroxyl groups is 1. The van der Waals surface area contributed by atoms with Crippen molar-refractivity contribution in [1.29, 1.82) is 0 Å². The van der Waals surface area contributed by atoms with Crippen LogP contribution in [0.25, 0.3) is 0 Å². The zero-order chi connectivity index (χ0) is 9.12.